The third kappa shape index (κ3) is 2.96. The number of rotatable bonds is 4. The van der Waals surface area contributed by atoms with E-state index in [1.165, 1.54) is 18.6 Å². The molecule has 0 radical (unpaired) electrons. The van der Waals surface area contributed by atoms with E-state index in [-0.39, 0.29) is 11.6 Å². The summed E-state index contributed by atoms with van der Waals surface area (Å²) in [4.78, 5) is 20.1. The highest BCUT2D eigenvalue weighted by Crippen LogP contribution is 2.29. The third-order valence-electron chi connectivity index (χ3n) is 3.11. The maximum Gasteiger partial charge on any atom is 0.275 e. The van der Waals surface area contributed by atoms with Crippen molar-refractivity contribution in [3.63, 3.8) is 0 Å². The Labute approximate surface area is 123 Å². The van der Waals surface area contributed by atoms with E-state index in [2.05, 4.69) is 15.3 Å². The number of benzene rings is 1. The highest BCUT2D eigenvalue weighted by Gasteiger charge is 2.15. The summed E-state index contributed by atoms with van der Waals surface area (Å²) < 4.78 is 0. The van der Waals surface area contributed by atoms with Crippen LogP contribution in [-0.4, -0.2) is 15.9 Å². The SMILES string of the molecule is CCc1ccc(Cl)c(CC)c1NC(=O)c1cnccn1. The van der Waals surface area contributed by atoms with Gasteiger partial charge in [-0.25, -0.2) is 4.98 Å². The van der Waals surface area contributed by atoms with Crippen LogP contribution in [0.5, 0.6) is 0 Å². The molecule has 5 heteroatoms. The zero-order valence-electron chi connectivity index (χ0n) is 11.5. The second-order valence-electron chi connectivity index (χ2n) is 4.31. The van der Waals surface area contributed by atoms with Crippen molar-refractivity contribution < 1.29 is 4.79 Å². The van der Waals surface area contributed by atoms with Crippen molar-refractivity contribution in [1.82, 2.24) is 9.97 Å². The Bertz CT molecular complexity index is 614. The molecule has 1 amide bonds. The fraction of sp³-hybridized carbons (Fsp3) is 0.267. The lowest BCUT2D eigenvalue weighted by atomic mass is 10.0. The van der Waals surface area contributed by atoms with Gasteiger partial charge < -0.3 is 5.32 Å². The monoisotopic (exact) mass is 289 g/mol. The number of nitrogens with zero attached hydrogens (tertiary/aromatic N) is 2. The first-order valence-electron chi connectivity index (χ1n) is 6.55. The zero-order valence-corrected chi connectivity index (χ0v) is 12.2. The number of aromatic nitrogens is 2. The number of halogens is 1. The molecule has 0 aliphatic carbocycles. The molecule has 1 aromatic carbocycles. The minimum Gasteiger partial charge on any atom is -0.320 e. The highest BCUT2D eigenvalue weighted by molar-refractivity contribution is 6.32. The van der Waals surface area contributed by atoms with E-state index >= 15 is 0 Å². The Kier molecular flexibility index (Phi) is 4.69. The summed E-state index contributed by atoms with van der Waals surface area (Å²) in [5.41, 5.74) is 3.08. The average Bonchev–Trinajstić information content (AvgIpc) is 2.48. The van der Waals surface area contributed by atoms with Crippen LogP contribution < -0.4 is 5.32 Å². The van der Waals surface area contributed by atoms with Gasteiger partial charge in [-0.3, -0.25) is 9.78 Å². The van der Waals surface area contributed by atoms with Crippen LogP contribution in [0.3, 0.4) is 0 Å². The van der Waals surface area contributed by atoms with Gasteiger partial charge >= 0.3 is 0 Å². The molecule has 104 valence electrons. The molecule has 1 N–H and O–H groups in total. The molecule has 0 fully saturated rings. The van der Waals surface area contributed by atoms with E-state index in [1.54, 1.807) is 0 Å². The van der Waals surface area contributed by atoms with E-state index in [1.807, 2.05) is 26.0 Å². The summed E-state index contributed by atoms with van der Waals surface area (Å²) >= 11 is 6.21. The van der Waals surface area contributed by atoms with Crippen LogP contribution in [0.15, 0.2) is 30.7 Å². The second-order valence-corrected chi connectivity index (χ2v) is 4.72. The summed E-state index contributed by atoms with van der Waals surface area (Å²) in [5, 5.41) is 3.58. The summed E-state index contributed by atoms with van der Waals surface area (Å²) in [6.45, 7) is 4.05. The van der Waals surface area contributed by atoms with Gasteiger partial charge in [0, 0.05) is 23.1 Å². The summed E-state index contributed by atoms with van der Waals surface area (Å²) in [6, 6.07) is 3.81. The van der Waals surface area contributed by atoms with E-state index in [9.17, 15) is 4.79 Å². The van der Waals surface area contributed by atoms with Gasteiger partial charge in [0.05, 0.1) is 6.20 Å². The van der Waals surface area contributed by atoms with Gasteiger partial charge in [0.2, 0.25) is 0 Å². The molecule has 0 bridgehead atoms. The fourth-order valence-corrected chi connectivity index (χ4v) is 2.35. The quantitative estimate of drug-likeness (QED) is 0.937. The maximum absolute atomic E-state index is 12.2. The minimum absolute atomic E-state index is 0.273. The van der Waals surface area contributed by atoms with Crippen molar-refractivity contribution in [2.24, 2.45) is 0 Å². The molecule has 2 aromatic rings. The highest BCUT2D eigenvalue weighted by atomic mass is 35.5. The molecule has 20 heavy (non-hydrogen) atoms. The molecule has 0 spiro atoms. The predicted molar refractivity (Wildman–Crippen MR) is 80.2 cm³/mol. The number of amides is 1. The third-order valence-corrected chi connectivity index (χ3v) is 3.46. The average molecular weight is 290 g/mol. The van der Waals surface area contributed by atoms with Gasteiger partial charge in [-0.05, 0) is 30.0 Å². The Morgan fingerprint density at radius 2 is 2.05 bits per heavy atom. The van der Waals surface area contributed by atoms with E-state index < -0.39 is 0 Å². The lowest BCUT2D eigenvalue weighted by Crippen LogP contribution is -2.16. The smallest absolute Gasteiger partial charge is 0.275 e. The molecule has 0 unspecified atom stereocenters. The molecule has 0 aliphatic rings. The standard InChI is InChI=1S/C15H16ClN3O/c1-3-10-5-6-12(16)11(4-2)14(10)19-15(20)13-9-17-7-8-18-13/h5-9H,3-4H2,1-2H3,(H,19,20). The minimum atomic E-state index is -0.273. The largest absolute Gasteiger partial charge is 0.320 e. The first kappa shape index (κ1) is 14.5. The molecule has 0 saturated heterocycles. The Morgan fingerprint density at radius 3 is 2.65 bits per heavy atom. The number of carbonyl (C=O) groups is 1. The van der Waals surface area contributed by atoms with Crippen LogP contribution in [-0.2, 0) is 12.8 Å². The second kappa shape index (κ2) is 6.48. The normalized spacial score (nSPS) is 10.3. The molecule has 1 aromatic heterocycles. The van der Waals surface area contributed by atoms with Crippen LogP contribution in [0, 0.1) is 0 Å². The van der Waals surface area contributed by atoms with Crippen LogP contribution in [0.25, 0.3) is 0 Å². The molecular weight excluding hydrogens is 274 g/mol. The first-order chi connectivity index (χ1) is 9.67. The van der Waals surface area contributed by atoms with Gasteiger partial charge in [0.15, 0.2) is 0 Å². The van der Waals surface area contributed by atoms with Crippen molar-refractivity contribution in [3.8, 4) is 0 Å². The molecule has 1 heterocycles. The number of hydrogen-bond donors (Lipinski definition) is 1. The molecule has 0 atom stereocenters. The van der Waals surface area contributed by atoms with Crippen LogP contribution >= 0.6 is 11.6 Å². The number of anilines is 1. The fourth-order valence-electron chi connectivity index (χ4n) is 2.06. The van der Waals surface area contributed by atoms with Crippen molar-refractivity contribution in [1.29, 1.82) is 0 Å². The molecule has 0 saturated carbocycles. The van der Waals surface area contributed by atoms with Crippen molar-refractivity contribution in [3.05, 3.63) is 52.6 Å². The van der Waals surface area contributed by atoms with E-state index in [4.69, 9.17) is 11.6 Å². The molecule has 2 rings (SSSR count). The lowest BCUT2D eigenvalue weighted by Gasteiger charge is -2.15. The van der Waals surface area contributed by atoms with E-state index in [0.29, 0.717) is 5.02 Å². The lowest BCUT2D eigenvalue weighted by molar-refractivity contribution is 0.102. The number of hydrogen-bond acceptors (Lipinski definition) is 3. The predicted octanol–water partition coefficient (Wildman–Crippen LogP) is 3.51. The van der Waals surface area contributed by atoms with Crippen LogP contribution in [0.4, 0.5) is 5.69 Å². The van der Waals surface area contributed by atoms with Crippen molar-refractivity contribution in [2.45, 2.75) is 26.7 Å². The van der Waals surface area contributed by atoms with Gasteiger partial charge in [-0.1, -0.05) is 31.5 Å². The van der Waals surface area contributed by atoms with Gasteiger partial charge in [0.1, 0.15) is 5.69 Å². The zero-order chi connectivity index (χ0) is 14.5. The van der Waals surface area contributed by atoms with Gasteiger partial charge in [-0.15, -0.1) is 0 Å². The topological polar surface area (TPSA) is 54.9 Å². The van der Waals surface area contributed by atoms with Crippen LogP contribution in [0.1, 0.15) is 35.5 Å². The number of carbonyl (C=O) groups excluding carboxylic acids is 1. The van der Waals surface area contributed by atoms with Crippen molar-refractivity contribution >= 4 is 23.2 Å². The number of nitrogens with one attached hydrogen (secondary N) is 1. The van der Waals surface area contributed by atoms with E-state index in [0.717, 1.165) is 29.7 Å². The molecule has 0 aliphatic heterocycles. The Hall–Kier alpha value is -1.94. The van der Waals surface area contributed by atoms with Gasteiger partial charge in [-0.2, -0.15) is 0 Å². The summed E-state index contributed by atoms with van der Waals surface area (Å²) in [6.07, 6.45) is 6.04. The maximum atomic E-state index is 12.2. The van der Waals surface area contributed by atoms with Gasteiger partial charge in [0.25, 0.3) is 5.91 Å². The molecular formula is C15H16ClN3O. The summed E-state index contributed by atoms with van der Waals surface area (Å²) in [5.74, 6) is -0.273. The first-order valence-corrected chi connectivity index (χ1v) is 6.92. The molecule has 4 nitrogen and oxygen atoms in total. The Morgan fingerprint density at radius 1 is 1.25 bits per heavy atom. The summed E-state index contributed by atoms with van der Waals surface area (Å²) in [7, 11) is 0. The Balaban J connectivity index is 2.37. The van der Waals surface area contributed by atoms with Crippen LogP contribution in [0.2, 0.25) is 5.02 Å². The number of aryl methyl sites for hydroxylation is 1. The van der Waals surface area contributed by atoms with Crippen molar-refractivity contribution in [2.75, 3.05) is 5.32 Å².